The molecule has 0 atom stereocenters. The molecule has 2 heterocycles. The van der Waals surface area contributed by atoms with Crippen molar-refractivity contribution in [2.75, 3.05) is 6.61 Å². The summed E-state index contributed by atoms with van der Waals surface area (Å²) in [5.41, 5.74) is 2.73. The van der Waals surface area contributed by atoms with Crippen LogP contribution in [0.4, 0.5) is 0 Å². The predicted octanol–water partition coefficient (Wildman–Crippen LogP) is 6.04. The zero-order chi connectivity index (χ0) is 21.8. The van der Waals surface area contributed by atoms with Crippen molar-refractivity contribution in [1.29, 1.82) is 0 Å². The number of benzene rings is 3. The van der Waals surface area contributed by atoms with E-state index in [2.05, 4.69) is 10.2 Å². The molecule has 0 fully saturated rings. The Bertz CT molecular complexity index is 1340. The molecule has 0 aliphatic carbocycles. The zero-order valence-corrected chi connectivity index (χ0v) is 18.2. The van der Waals surface area contributed by atoms with Gasteiger partial charge in [0.1, 0.15) is 10.8 Å². The summed E-state index contributed by atoms with van der Waals surface area (Å²) in [6, 6.07) is 25.6. The molecule has 7 heteroatoms. The fourth-order valence-corrected chi connectivity index (χ4v) is 4.15. The Hall–Kier alpha value is -3.71. The van der Waals surface area contributed by atoms with E-state index in [-0.39, 0.29) is 0 Å². The summed E-state index contributed by atoms with van der Waals surface area (Å²) >= 11 is 1.54. The summed E-state index contributed by atoms with van der Waals surface area (Å²) in [4.78, 5) is 9.63. The smallest absolute Gasteiger partial charge is 0.247 e. The molecule has 0 unspecified atom stereocenters. The topological polar surface area (TPSA) is 73.9 Å². The van der Waals surface area contributed by atoms with Crippen LogP contribution in [0.3, 0.4) is 0 Å². The molecule has 0 saturated carbocycles. The minimum absolute atomic E-state index is 0.499. The van der Waals surface area contributed by atoms with Gasteiger partial charge in [-0.2, -0.15) is 0 Å². The number of rotatable bonds is 7. The van der Waals surface area contributed by atoms with E-state index in [1.165, 1.54) is 0 Å². The molecule has 0 radical (unpaired) electrons. The summed E-state index contributed by atoms with van der Waals surface area (Å²) in [6.07, 6.45) is 0. The highest BCUT2D eigenvalue weighted by Gasteiger charge is 2.14. The first-order valence-corrected chi connectivity index (χ1v) is 11.3. The lowest BCUT2D eigenvalue weighted by atomic mass is 10.2. The van der Waals surface area contributed by atoms with Gasteiger partial charge in [0.2, 0.25) is 11.8 Å². The lowest BCUT2D eigenvalue weighted by Gasteiger charge is -2.10. The average molecular weight is 441 g/mol. The van der Waals surface area contributed by atoms with Gasteiger partial charge in [0.15, 0.2) is 5.82 Å². The van der Waals surface area contributed by atoms with Crippen molar-refractivity contribution in [2.24, 2.45) is 0 Å². The molecular weight excluding hydrogens is 420 g/mol. The van der Waals surface area contributed by atoms with E-state index in [4.69, 9.17) is 19.1 Å². The van der Waals surface area contributed by atoms with Gasteiger partial charge in [0.05, 0.1) is 17.9 Å². The maximum atomic E-state index is 5.87. The molecule has 3 aromatic carbocycles. The molecular formula is C25H20N4O2S. The number of hydrogen-bond acceptors (Lipinski definition) is 7. The van der Waals surface area contributed by atoms with E-state index in [9.17, 15) is 0 Å². The Balaban J connectivity index is 1.48. The van der Waals surface area contributed by atoms with Crippen molar-refractivity contribution in [3.05, 3.63) is 84.8 Å². The molecule has 0 amide bonds. The van der Waals surface area contributed by atoms with Crippen LogP contribution in [0.25, 0.3) is 33.7 Å². The molecule has 6 nitrogen and oxygen atoms in total. The van der Waals surface area contributed by atoms with Gasteiger partial charge in [-0.3, -0.25) is 0 Å². The van der Waals surface area contributed by atoms with Crippen LogP contribution in [-0.4, -0.2) is 26.8 Å². The third-order valence-corrected chi connectivity index (χ3v) is 5.77. The molecule has 158 valence electrons. The van der Waals surface area contributed by atoms with E-state index in [1.807, 2.05) is 85.8 Å². The summed E-state index contributed by atoms with van der Waals surface area (Å²) in [7, 11) is 0. The molecule has 5 rings (SSSR count). The van der Waals surface area contributed by atoms with Crippen LogP contribution < -0.4 is 4.74 Å². The average Bonchev–Trinajstić information content (AvgIpc) is 3.33. The Morgan fingerprint density at radius 2 is 1.59 bits per heavy atom. The van der Waals surface area contributed by atoms with Gasteiger partial charge in [0, 0.05) is 16.5 Å². The molecule has 0 saturated heterocycles. The van der Waals surface area contributed by atoms with E-state index < -0.39 is 0 Å². The van der Waals surface area contributed by atoms with E-state index >= 15 is 0 Å². The van der Waals surface area contributed by atoms with Gasteiger partial charge in [-0.1, -0.05) is 60.3 Å². The van der Waals surface area contributed by atoms with Crippen molar-refractivity contribution >= 4 is 22.7 Å². The van der Waals surface area contributed by atoms with Crippen LogP contribution in [0.15, 0.2) is 88.3 Å². The molecule has 2 aromatic heterocycles. The SMILES string of the molecule is CCOc1ccc2nc(-c3ccccc3)nc(SCc3nnc(-c4ccccc4)o3)c2c1. The second-order valence-electron chi connectivity index (χ2n) is 6.99. The quantitative estimate of drug-likeness (QED) is 0.226. The largest absolute Gasteiger partial charge is 0.494 e. The van der Waals surface area contributed by atoms with Gasteiger partial charge < -0.3 is 9.15 Å². The fraction of sp³-hybridized carbons (Fsp3) is 0.120. The molecule has 0 N–H and O–H groups in total. The van der Waals surface area contributed by atoms with Crippen LogP contribution in [0.1, 0.15) is 12.8 Å². The van der Waals surface area contributed by atoms with Crippen LogP contribution in [0.5, 0.6) is 5.75 Å². The highest BCUT2D eigenvalue weighted by atomic mass is 32.2. The lowest BCUT2D eigenvalue weighted by molar-refractivity contribution is 0.340. The van der Waals surface area contributed by atoms with Gasteiger partial charge in [-0.05, 0) is 37.3 Å². The number of ether oxygens (including phenoxy) is 1. The third kappa shape index (κ3) is 4.33. The van der Waals surface area contributed by atoms with E-state index in [0.29, 0.717) is 30.0 Å². The summed E-state index contributed by atoms with van der Waals surface area (Å²) in [5, 5.41) is 10.2. The lowest BCUT2D eigenvalue weighted by Crippen LogP contribution is -1.96. The van der Waals surface area contributed by atoms with Gasteiger partial charge in [-0.15, -0.1) is 10.2 Å². The molecule has 32 heavy (non-hydrogen) atoms. The normalized spacial score (nSPS) is 11.0. The first-order chi connectivity index (χ1) is 15.8. The Kier molecular flexibility index (Phi) is 5.81. The van der Waals surface area contributed by atoms with Crippen molar-refractivity contribution in [3.63, 3.8) is 0 Å². The zero-order valence-electron chi connectivity index (χ0n) is 17.4. The number of fused-ring (bicyclic) bond motifs is 1. The Morgan fingerprint density at radius 1 is 0.844 bits per heavy atom. The minimum atomic E-state index is 0.499. The third-order valence-electron chi connectivity index (χ3n) is 4.80. The maximum Gasteiger partial charge on any atom is 0.247 e. The van der Waals surface area contributed by atoms with Gasteiger partial charge >= 0.3 is 0 Å². The van der Waals surface area contributed by atoms with Crippen molar-refractivity contribution in [1.82, 2.24) is 20.2 Å². The minimum Gasteiger partial charge on any atom is -0.494 e. The number of nitrogens with zero attached hydrogens (tertiary/aromatic N) is 4. The van der Waals surface area contributed by atoms with Crippen LogP contribution in [0.2, 0.25) is 0 Å². The van der Waals surface area contributed by atoms with E-state index in [1.54, 1.807) is 11.8 Å². The van der Waals surface area contributed by atoms with Crippen LogP contribution >= 0.6 is 11.8 Å². The highest BCUT2D eigenvalue weighted by molar-refractivity contribution is 7.98. The fourth-order valence-electron chi connectivity index (χ4n) is 3.30. The van der Waals surface area contributed by atoms with Crippen LogP contribution in [0, 0.1) is 0 Å². The Morgan fingerprint density at radius 3 is 2.34 bits per heavy atom. The van der Waals surface area contributed by atoms with Crippen LogP contribution in [-0.2, 0) is 5.75 Å². The monoisotopic (exact) mass is 440 g/mol. The van der Waals surface area contributed by atoms with Gasteiger partial charge in [-0.25, -0.2) is 9.97 Å². The second-order valence-corrected chi connectivity index (χ2v) is 7.95. The summed E-state index contributed by atoms with van der Waals surface area (Å²) < 4.78 is 11.6. The number of aromatic nitrogens is 4. The molecule has 5 aromatic rings. The standard InChI is InChI=1S/C25H20N4O2S/c1-2-30-19-13-14-21-20(15-19)25(27-23(26-21)17-9-5-3-6-10-17)32-16-22-28-29-24(31-22)18-11-7-4-8-12-18/h3-15H,2,16H2,1H3. The first kappa shape index (κ1) is 20.2. The molecule has 0 bridgehead atoms. The maximum absolute atomic E-state index is 5.87. The van der Waals surface area contributed by atoms with Crippen molar-refractivity contribution < 1.29 is 9.15 Å². The molecule has 0 aliphatic rings. The van der Waals surface area contributed by atoms with E-state index in [0.717, 1.165) is 32.8 Å². The van der Waals surface area contributed by atoms with Gasteiger partial charge in [0.25, 0.3) is 0 Å². The van der Waals surface area contributed by atoms with Crippen molar-refractivity contribution in [3.8, 4) is 28.6 Å². The number of hydrogen-bond donors (Lipinski definition) is 0. The first-order valence-electron chi connectivity index (χ1n) is 10.3. The summed E-state index contributed by atoms with van der Waals surface area (Å²) in [5.74, 6) is 3.03. The predicted molar refractivity (Wildman–Crippen MR) is 125 cm³/mol. The number of thioether (sulfide) groups is 1. The Labute approximate surface area is 189 Å². The summed E-state index contributed by atoms with van der Waals surface area (Å²) in [6.45, 7) is 2.57. The molecule has 0 spiro atoms. The van der Waals surface area contributed by atoms with Crippen molar-refractivity contribution in [2.45, 2.75) is 17.7 Å². The second kappa shape index (κ2) is 9.20. The highest BCUT2D eigenvalue weighted by Crippen LogP contribution is 2.33. The molecule has 0 aliphatic heterocycles.